The van der Waals surface area contributed by atoms with Gasteiger partial charge in [-0.3, -0.25) is 10.1 Å². The van der Waals surface area contributed by atoms with Gasteiger partial charge < -0.3 is 0 Å². The van der Waals surface area contributed by atoms with Crippen molar-refractivity contribution in [2.24, 2.45) is 0 Å². The van der Waals surface area contributed by atoms with Gasteiger partial charge in [0, 0.05) is 18.0 Å². The molecule has 0 radical (unpaired) electrons. The van der Waals surface area contributed by atoms with E-state index in [2.05, 4.69) is 20.2 Å². The van der Waals surface area contributed by atoms with Crippen molar-refractivity contribution in [2.75, 3.05) is 11.9 Å². The molecule has 1 aliphatic carbocycles. The second-order valence-corrected chi connectivity index (χ2v) is 7.98. The Morgan fingerprint density at radius 3 is 2.57 bits per heavy atom. The van der Waals surface area contributed by atoms with Crippen LogP contribution in [0.25, 0.3) is 0 Å². The summed E-state index contributed by atoms with van der Waals surface area (Å²) >= 11 is 1.38. The number of hydrogen-bond donors (Lipinski definition) is 2. The van der Waals surface area contributed by atoms with Gasteiger partial charge in [0.2, 0.25) is 15.2 Å². The molecular formula is C14H16N4O3S2. The molecule has 0 unspecified atom stereocenters. The number of nitrogens with zero attached hydrogens (tertiary/aromatic N) is 2. The molecule has 7 nitrogen and oxygen atoms in total. The van der Waals surface area contributed by atoms with Crippen LogP contribution in [0.15, 0.2) is 29.2 Å². The van der Waals surface area contributed by atoms with Crippen molar-refractivity contribution in [2.45, 2.75) is 30.6 Å². The SMILES string of the molecule is CCNS(=O)(=O)c1ccc(C(=O)Nc2nnc(C3CC3)s2)cc1. The van der Waals surface area contributed by atoms with E-state index in [4.69, 9.17) is 0 Å². The molecule has 0 spiro atoms. The smallest absolute Gasteiger partial charge is 0.257 e. The number of anilines is 1. The summed E-state index contributed by atoms with van der Waals surface area (Å²) in [6.45, 7) is 2.02. The maximum atomic E-state index is 12.2. The number of aromatic nitrogens is 2. The van der Waals surface area contributed by atoms with Crippen molar-refractivity contribution in [3.8, 4) is 0 Å². The normalized spacial score (nSPS) is 14.7. The Morgan fingerprint density at radius 2 is 1.96 bits per heavy atom. The molecule has 1 heterocycles. The molecule has 3 rings (SSSR count). The van der Waals surface area contributed by atoms with Gasteiger partial charge in [0.05, 0.1) is 4.90 Å². The van der Waals surface area contributed by atoms with Gasteiger partial charge in [0.15, 0.2) is 0 Å². The largest absolute Gasteiger partial charge is 0.296 e. The van der Waals surface area contributed by atoms with Crippen molar-refractivity contribution >= 4 is 32.4 Å². The lowest BCUT2D eigenvalue weighted by atomic mass is 10.2. The zero-order valence-corrected chi connectivity index (χ0v) is 14.1. The molecule has 2 aromatic rings. The first-order chi connectivity index (χ1) is 11.0. The van der Waals surface area contributed by atoms with Gasteiger partial charge in [-0.1, -0.05) is 18.3 Å². The lowest BCUT2D eigenvalue weighted by Crippen LogP contribution is -2.23. The van der Waals surface area contributed by atoms with Gasteiger partial charge in [-0.2, -0.15) is 0 Å². The molecule has 1 aliphatic rings. The summed E-state index contributed by atoms with van der Waals surface area (Å²) in [4.78, 5) is 12.3. The average Bonchev–Trinajstić information content (AvgIpc) is 3.28. The molecule has 1 aromatic heterocycles. The van der Waals surface area contributed by atoms with E-state index in [9.17, 15) is 13.2 Å². The molecule has 2 N–H and O–H groups in total. The van der Waals surface area contributed by atoms with Gasteiger partial charge in [-0.25, -0.2) is 13.1 Å². The third-order valence-electron chi connectivity index (χ3n) is 3.35. The van der Waals surface area contributed by atoms with E-state index in [1.165, 1.54) is 35.6 Å². The van der Waals surface area contributed by atoms with Crippen molar-refractivity contribution in [1.82, 2.24) is 14.9 Å². The second-order valence-electron chi connectivity index (χ2n) is 5.20. The molecule has 1 aromatic carbocycles. The predicted octanol–water partition coefficient (Wildman–Crippen LogP) is 1.97. The predicted molar refractivity (Wildman–Crippen MR) is 87.1 cm³/mol. The van der Waals surface area contributed by atoms with Crippen LogP contribution in [-0.2, 0) is 10.0 Å². The molecule has 1 fully saturated rings. The summed E-state index contributed by atoms with van der Waals surface area (Å²) < 4.78 is 26.1. The molecule has 23 heavy (non-hydrogen) atoms. The highest BCUT2D eigenvalue weighted by Crippen LogP contribution is 2.42. The van der Waals surface area contributed by atoms with Gasteiger partial charge in [0.25, 0.3) is 5.91 Å². The maximum Gasteiger partial charge on any atom is 0.257 e. The number of carbonyl (C=O) groups is 1. The Kier molecular flexibility index (Phi) is 4.42. The van der Waals surface area contributed by atoms with Gasteiger partial charge in [0.1, 0.15) is 5.01 Å². The summed E-state index contributed by atoms with van der Waals surface area (Å²) in [6.07, 6.45) is 2.26. The third kappa shape index (κ3) is 3.74. The summed E-state index contributed by atoms with van der Waals surface area (Å²) in [5.74, 6) is 0.157. The number of rotatable bonds is 6. The minimum Gasteiger partial charge on any atom is -0.296 e. The summed E-state index contributed by atoms with van der Waals surface area (Å²) in [5, 5.41) is 12.1. The van der Waals surface area contributed by atoms with Crippen LogP contribution in [0.1, 0.15) is 41.0 Å². The summed E-state index contributed by atoms with van der Waals surface area (Å²) in [7, 11) is -3.51. The molecule has 0 aliphatic heterocycles. The second kappa shape index (κ2) is 6.34. The van der Waals surface area contributed by atoms with E-state index in [0.717, 1.165) is 17.8 Å². The highest BCUT2D eigenvalue weighted by Gasteiger charge is 2.27. The molecule has 122 valence electrons. The maximum absolute atomic E-state index is 12.2. The highest BCUT2D eigenvalue weighted by molar-refractivity contribution is 7.89. The van der Waals surface area contributed by atoms with Crippen LogP contribution in [0.4, 0.5) is 5.13 Å². The Morgan fingerprint density at radius 1 is 1.26 bits per heavy atom. The highest BCUT2D eigenvalue weighted by atomic mass is 32.2. The lowest BCUT2D eigenvalue weighted by Gasteiger charge is -2.05. The zero-order valence-electron chi connectivity index (χ0n) is 12.4. The van der Waals surface area contributed by atoms with Gasteiger partial charge in [-0.15, -0.1) is 10.2 Å². The third-order valence-corrected chi connectivity index (χ3v) is 5.91. The molecular weight excluding hydrogens is 336 g/mol. The van der Waals surface area contributed by atoms with Crippen molar-refractivity contribution < 1.29 is 13.2 Å². The molecule has 0 saturated heterocycles. The van der Waals surface area contributed by atoms with Crippen LogP contribution in [0.2, 0.25) is 0 Å². The number of amides is 1. The van der Waals surface area contributed by atoms with E-state index < -0.39 is 10.0 Å². The van der Waals surface area contributed by atoms with Gasteiger partial charge in [-0.05, 0) is 37.1 Å². The molecule has 0 atom stereocenters. The molecule has 9 heteroatoms. The van der Waals surface area contributed by atoms with Crippen molar-refractivity contribution in [3.05, 3.63) is 34.8 Å². The molecule has 0 bridgehead atoms. The zero-order chi connectivity index (χ0) is 16.4. The van der Waals surface area contributed by atoms with Crippen LogP contribution < -0.4 is 10.0 Å². The van der Waals surface area contributed by atoms with E-state index in [-0.39, 0.29) is 10.8 Å². The number of hydrogen-bond acceptors (Lipinski definition) is 6. The fourth-order valence-electron chi connectivity index (χ4n) is 2.01. The van der Waals surface area contributed by atoms with Crippen LogP contribution >= 0.6 is 11.3 Å². The average molecular weight is 352 g/mol. The van der Waals surface area contributed by atoms with E-state index in [0.29, 0.717) is 23.2 Å². The first kappa shape index (κ1) is 16.0. The fourth-order valence-corrected chi connectivity index (χ4v) is 3.96. The van der Waals surface area contributed by atoms with Crippen molar-refractivity contribution in [1.29, 1.82) is 0 Å². The van der Waals surface area contributed by atoms with Crippen LogP contribution in [0.3, 0.4) is 0 Å². The van der Waals surface area contributed by atoms with Crippen LogP contribution in [0, 0.1) is 0 Å². The van der Waals surface area contributed by atoms with Gasteiger partial charge >= 0.3 is 0 Å². The topological polar surface area (TPSA) is 101 Å². The molecule has 1 saturated carbocycles. The minimum absolute atomic E-state index is 0.128. The molecule has 1 amide bonds. The van der Waals surface area contributed by atoms with Crippen LogP contribution in [-0.4, -0.2) is 31.1 Å². The summed E-state index contributed by atoms with van der Waals surface area (Å²) in [6, 6.07) is 5.76. The number of nitrogens with one attached hydrogen (secondary N) is 2. The standard InChI is InChI=1S/C14H16N4O3S2/c1-2-15-23(20,21)11-7-5-9(6-8-11)12(19)16-14-18-17-13(22-14)10-3-4-10/h5-8,10,15H,2-4H2,1H3,(H,16,18,19). The Bertz CT molecular complexity index is 811. The first-order valence-electron chi connectivity index (χ1n) is 7.24. The Hall–Kier alpha value is -1.84. The monoisotopic (exact) mass is 352 g/mol. The number of carbonyl (C=O) groups excluding carboxylic acids is 1. The number of sulfonamides is 1. The van der Waals surface area contributed by atoms with E-state index >= 15 is 0 Å². The van der Waals surface area contributed by atoms with E-state index in [1.807, 2.05) is 0 Å². The Labute approximate surface area is 138 Å². The quantitative estimate of drug-likeness (QED) is 0.828. The number of benzene rings is 1. The van der Waals surface area contributed by atoms with Crippen molar-refractivity contribution in [3.63, 3.8) is 0 Å². The Balaban J connectivity index is 1.69. The fraction of sp³-hybridized carbons (Fsp3) is 0.357. The lowest BCUT2D eigenvalue weighted by molar-refractivity contribution is 0.102. The van der Waals surface area contributed by atoms with Crippen LogP contribution in [0.5, 0.6) is 0 Å². The first-order valence-corrected chi connectivity index (χ1v) is 9.54. The summed E-state index contributed by atoms with van der Waals surface area (Å²) in [5.41, 5.74) is 0.364. The van der Waals surface area contributed by atoms with E-state index in [1.54, 1.807) is 6.92 Å². The minimum atomic E-state index is -3.51.